The maximum absolute atomic E-state index is 10.3. The van der Waals surface area contributed by atoms with Gasteiger partial charge in [-0.15, -0.1) is 0 Å². The van der Waals surface area contributed by atoms with Crippen LogP contribution >= 0.6 is 0 Å². The van der Waals surface area contributed by atoms with Gasteiger partial charge in [0.25, 0.3) is 0 Å². The molecule has 0 amide bonds. The van der Waals surface area contributed by atoms with E-state index in [-0.39, 0.29) is 6.04 Å². The molecule has 1 aromatic carbocycles. The fraction of sp³-hybridized carbons (Fsp3) is 0.571. The second-order valence-corrected chi connectivity index (χ2v) is 4.88. The topological polar surface area (TPSA) is 51.2 Å². The van der Waals surface area contributed by atoms with E-state index < -0.39 is 6.10 Å². The second kappa shape index (κ2) is 5.36. The zero-order valence-corrected chi connectivity index (χ0v) is 11.0. The maximum atomic E-state index is 10.3. The minimum absolute atomic E-state index is 0.0391. The molecule has 0 spiro atoms. The Kier molecular flexibility index (Phi) is 3.59. The van der Waals surface area contributed by atoms with E-state index in [2.05, 4.69) is 4.90 Å². The minimum Gasteiger partial charge on any atom is -0.497 e. The highest BCUT2D eigenvalue weighted by atomic mass is 16.5. The highest BCUT2D eigenvalue weighted by molar-refractivity contribution is 5.44. The predicted molar refractivity (Wildman–Crippen MR) is 69.6 cm³/mol. The normalized spacial score (nSPS) is 27.5. The van der Waals surface area contributed by atoms with Crippen LogP contribution in [0.2, 0.25) is 0 Å². The Labute approximate surface area is 112 Å². The Morgan fingerprint density at radius 2 is 2.11 bits per heavy atom. The van der Waals surface area contributed by atoms with E-state index in [4.69, 9.17) is 14.2 Å². The van der Waals surface area contributed by atoms with Crippen LogP contribution in [0.1, 0.15) is 11.6 Å². The Balaban J connectivity index is 1.94. The van der Waals surface area contributed by atoms with E-state index in [0.717, 1.165) is 30.2 Å². The van der Waals surface area contributed by atoms with Crippen LogP contribution in [0.15, 0.2) is 18.2 Å². The van der Waals surface area contributed by atoms with Crippen molar-refractivity contribution in [3.05, 3.63) is 23.8 Å². The lowest BCUT2D eigenvalue weighted by atomic mass is 9.96. The van der Waals surface area contributed by atoms with Crippen molar-refractivity contribution in [3.8, 4) is 11.5 Å². The van der Waals surface area contributed by atoms with Crippen molar-refractivity contribution < 1.29 is 19.3 Å². The number of morpholine rings is 1. The summed E-state index contributed by atoms with van der Waals surface area (Å²) < 4.78 is 16.2. The molecule has 0 aliphatic carbocycles. The first-order valence-corrected chi connectivity index (χ1v) is 6.60. The zero-order valence-electron chi connectivity index (χ0n) is 11.0. The molecule has 3 rings (SSSR count). The van der Waals surface area contributed by atoms with Gasteiger partial charge >= 0.3 is 0 Å². The highest BCUT2D eigenvalue weighted by Crippen LogP contribution is 2.38. The number of aliphatic hydroxyl groups is 1. The lowest BCUT2D eigenvalue weighted by molar-refractivity contribution is -0.0444. The number of fused-ring (bicyclic) bond motifs is 1. The lowest BCUT2D eigenvalue weighted by Gasteiger charge is -2.40. The van der Waals surface area contributed by atoms with Gasteiger partial charge in [0.1, 0.15) is 24.2 Å². The number of ether oxygens (including phenoxy) is 3. The smallest absolute Gasteiger partial charge is 0.124 e. The molecule has 1 saturated heterocycles. The SMILES string of the molecule is COc1ccc2c(c1)C(N1CCOCC1)C(O)CO2. The van der Waals surface area contributed by atoms with Crippen molar-refractivity contribution in [2.75, 3.05) is 40.0 Å². The summed E-state index contributed by atoms with van der Waals surface area (Å²) in [7, 11) is 1.64. The van der Waals surface area contributed by atoms with E-state index in [9.17, 15) is 5.11 Å². The van der Waals surface area contributed by atoms with Gasteiger partial charge in [-0.2, -0.15) is 0 Å². The van der Waals surface area contributed by atoms with Crippen molar-refractivity contribution in [2.24, 2.45) is 0 Å². The van der Waals surface area contributed by atoms with Gasteiger partial charge in [0.15, 0.2) is 0 Å². The Morgan fingerprint density at radius 1 is 1.32 bits per heavy atom. The standard InChI is InChI=1S/C14H19NO4/c1-17-10-2-3-13-11(8-10)14(12(16)9-19-13)15-4-6-18-7-5-15/h2-3,8,12,14,16H,4-7,9H2,1H3. The first-order valence-electron chi connectivity index (χ1n) is 6.60. The van der Waals surface area contributed by atoms with Crippen molar-refractivity contribution >= 4 is 0 Å². The minimum atomic E-state index is -0.516. The summed E-state index contributed by atoms with van der Waals surface area (Å²) in [6.45, 7) is 3.42. The molecular formula is C14H19NO4. The molecule has 2 heterocycles. The molecule has 1 fully saturated rings. The van der Waals surface area contributed by atoms with Crippen LogP contribution in [0.4, 0.5) is 0 Å². The quantitative estimate of drug-likeness (QED) is 0.858. The predicted octanol–water partition coefficient (Wildman–Crippen LogP) is 0.822. The van der Waals surface area contributed by atoms with Crippen LogP contribution in [0, 0.1) is 0 Å². The van der Waals surface area contributed by atoms with E-state index >= 15 is 0 Å². The van der Waals surface area contributed by atoms with Gasteiger partial charge < -0.3 is 19.3 Å². The Morgan fingerprint density at radius 3 is 2.84 bits per heavy atom. The molecule has 0 aromatic heterocycles. The molecular weight excluding hydrogens is 246 g/mol. The number of hydrogen-bond acceptors (Lipinski definition) is 5. The third kappa shape index (κ3) is 2.41. The molecule has 2 atom stereocenters. The van der Waals surface area contributed by atoms with Crippen LogP contribution < -0.4 is 9.47 Å². The van der Waals surface area contributed by atoms with E-state index in [1.165, 1.54) is 0 Å². The van der Waals surface area contributed by atoms with Gasteiger partial charge in [-0.25, -0.2) is 0 Å². The number of rotatable bonds is 2. The van der Waals surface area contributed by atoms with Crippen molar-refractivity contribution in [1.29, 1.82) is 0 Å². The van der Waals surface area contributed by atoms with Gasteiger partial charge in [0, 0.05) is 18.7 Å². The molecule has 19 heavy (non-hydrogen) atoms. The number of hydrogen-bond donors (Lipinski definition) is 1. The maximum Gasteiger partial charge on any atom is 0.124 e. The molecule has 0 saturated carbocycles. The van der Waals surface area contributed by atoms with Crippen LogP contribution in [-0.4, -0.2) is 56.1 Å². The van der Waals surface area contributed by atoms with E-state index in [1.807, 2.05) is 18.2 Å². The Hall–Kier alpha value is -1.30. The number of aliphatic hydroxyl groups excluding tert-OH is 1. The molecule has 1 aromatic rings. The molecule has 0 radical (unpaired) electrons. The fourth-order valence-electron chi connectivity index (χ4n) is 2.79. The van der Waals surface area contributed by atoms with Crippen LogP contribution in [0.3, 0.4) is 0 Å². The molecule has 0 bridgehead atoms. The summed E-state index contributed by atoms with van der Waals surface area (Å²) in [6.07, 6.45) is -0.516. The number of benzene rings is 1. The lowest BCUT2D eigenvalue weighted by Crippen LogP contribution is -2.46. The molecule has 2 aliphatic rings. The number of methoxy groups -OCH3 is 1. The molecule has 5 nitrogen and oxygen atoms in total. The number of nitrogens with zero attached hydrogens (tertiary/aromatic N) is 1. The largest absolute Gasteiger partial charge is 0.497 e. The zero-order chi connectivity index (χ0) is 13.2. The third-order valence-electron chi connectivity index (χ3n) is 3.75. The van der Waals surface area contributed by atoms with Crippen molar-refractivity contribution in [3.63, 3.8) is 0 Å². The van der Waals surface area contributed by atoms with Crippen LogP contribution in [0.5, 0.6) is 11.5 Å². The molecule has 1 N–H and O–H groups in total. The fourth-order valence-corrected chi connectivity index (χ4v) is 2.79. The summed E-state index contributed by atoms with van der Waals surface area (Å²) in [5.74, 6) is 1.62. The van der Waals surface area contributed by atoms with Gasteiger partial charge in [0.05, 0.1) is 26.4 Å². The molecule has 2 aliphatic heterocycles. The van der Waals surface area contributed by atoms with Gasteiger partial charge in [-0.1, -0.05) is 0 Å². The monoisotopic (exact) mass is 265 g/mol. The second-order valence-electron chi connectivity index (χ2n) is 4.88. The summed E-state index contributed by atoms with van der Waals surface area (Å²) >= 11 is 0. The summed E-state index contributed by atoms with van der Waals surface area (Å²) in [4.78, 5) is 2.26. The summed E-state index contributed by atoms with van der Waals surface area (Å²) in [6, 6.07) is 5.71. The Bertz CT molecular complexity index is 445. The average Bonchev–Trinajstić information content (AvgIpc) is 2.47. The van der Waals surface area contributed by atoms with E-state index in [0.29, 0.717) is 19.8 Å². The molecule has 5 heteroatoms. The summed E-state index contributed by atoms with van der Waals surface area (Å²) in [5, 5.41) is 10.3. The van der Waals surface area contributed by atoms with Crippen molar-refractivity contribution in [2.45, 2.75) is 12.1 Å². The first-order chi connectivity index (χ1) is 9.29. The van der Waals surface area contributed by atoms with Crippen molar-refractivity contribution in [1.82, 2.24) is 4.90 Å². The van der Waals surface area contributed by atoms with Gasteiger partial charge in [-0.05, 0) is 18.2 Å². The molecule has 104 valence electrons. The highest BCUT2D eigenvalue weighted by Gasteiger charge is 2.35. The van der Waals surface area contributed by atoms with Crippen LogP contribution in [0.25, 0.3) is 0 Å². The summed E-state index contributed by atoms with van der Waals surface area (Å²) in [5.41, 5.74) is 1.00. The van der Waals surface area contributed by atoms with E-state index in [1.54, 1.807) is 7.11 Å². The third-order valence-corrected chi connectivity index (χ3v) is 3.75. The first kappa shape index (κ1) is 12.7. The average molecular weight is 265 g/mol. The van der Waals surface area contributed by atoms with Gasteiger partial charge in [-0.3, -0.25) is 4.90 Å². The van der Waals surface area contributed by atoms with Crippen LogP contribution in [-0.2, 0) is 4.74 Å². The molecule has 2 unspecified atom stereocenters. The van der Waals surface area contributed by atoms with Gasteiger partial charge in [0.2, 0.25) is 0 Å².